The molecule has 0 radical (unpaired) electrons. The van der Waals surface area contributed by atoms with E-state index in [0.29, 0.717) is 17.5 Å². The van der Waals surface area contributed by atoms with Crippen LogP contribution in [0.1, 0.15) is 25.7 Å². The third-order valence-electron chi connectivity index (χ3n) is 3.74. The van der Waals surface area contributed by atoms with Crippen molar-refractivity contribution in [3.05, 3.63) is 36.1 Å². The molecule has 110 valence electrons. The van der Waals surface area contributed by atoms with Crippen molar-refractivity contribution in [1.82, 2.24) is 9.97 Å². The predicted octanol–water partition coefficient (Wildman–Crippen LogP) is 3.25. The highest BCUT2D eigenvalue weighted by Crippen LogP contribution is 2.23. The lowest BCUT2D eigenvalue weighted by Gasteiger charge is -2.21. The van der Waals surface area contributed by atoms with Gasteiger partial charge >= 0.3 is 0 Å². The van der Waals surface area contributed by atoms with Crippen LogP contribution in [-0.2, 0) is 0 Å². The SMILES string of the molecule is Nc1cc(-c2cccc(F)c2)nc(N2CCCCCC2)n1. The zero-order chi connectivity index (χ0) is 14.7. The Morgan fingerprint density at radius 2 is 1.76 bits per heavy atom. The Hall–Kier alpha value is -2.17. The molecule has 0 bridgehead atoms. The fourth-order valence-corrected chi connectivity index (χ4v) is 2.66. The molecule has 1 fully saturated rings. The Morgan fingerprint density at radius 3 is 2.48 bits per heavy atom. The first-order valence-corrected chi connectivity index (χ1v) is 7.38. The lowest BCUT2D eigenvalue weighted by molar-refractivity contribution is 0.628. The lowest BCUT2D eigenvalue weighted by atomic mass is 10.1. The van der Waals surface area contributed by atoms with Crippen molar-refractivity contribution in [1.29, 1.82) is 0 Å². The van der Waals surface area contributed by atoms with E-state index in [1.165, 1.54) is 25.0 Å². The fourth-order valence-electron chi connectivity index (χ4n) is 2.66. The molecule has 0 unspecified atom stereocenters. The summed E-state index contributed by atoms with van der Waals surface area (Å²) in [4.78, 5) is 11.1. The molecule has 0 aliphatic carbocycles. The van der Waals surface area contributed by atoms with Gasteiger partial charge in [0.05, 0.1) is 5.69 Å². The highest BCUT2D eigenvalue weighted by Gasteiger charge is 2.14. The van der Waals surface area contributed by atoms with Crippen molar-refractivity contribution >= 4 is 11.8 Å². The van der Waals surface area contributed by atoms with E-state index in [1.807, 2.05) is 6.07 Å². The van der Waals surface area contributed by atoms with Crippen LogP contribution in [0.2, 0.25) is 0 Å². The smallest absolute Gasteiger partial charge is 0.227 e. The first-order chi connectivity index (χ1) is 10.2. The van der Waals surface area contributed by atoms with Crippen molar-refractivity contribution in [3.8, 4) is 11.3 Å². The molecule has 2 aromatic rings. The van der Waals surface area contributed by atoms with E-state index in [1.54, 1.807) is 12.1 Å². The number of hydrogen-bond acceptors (Lipinski definition) is 4. The maximum Gasteiger partial charge on any atom is 0.227 e. The number of nitrogens with two attached hydrogens (primary N) is 1. The average molecular weight is 286 g/mol. The molecule has 4 nitrogen and oxygen atoms in total. The van der Waals surface area contributed by atoms with Gasteiger partial charge in [0.25, 0.3) is 0 Å². The summed E-state index contributed by atoms with van der Waals surface area (Å²) in [7, 11) is 0. The molecule has 5 heteroatoms. The molecule has 0 amide bonds. The van der Waals surface area contributed by atoms with Crippen molar-refractivity contribution in [2.75, 3.05) is 23.7 Å². The largest absolute Gasteiger partial charge is 0.384 e. The molecule has 1 aliphatic heterocycles. The number of nitrogen functional groups attached to an aromatic ring is 1. The first-order valence-electron chi connectivity index (χ1n) is 7.38. The topological polar surface area (TPSA) is 55.0 Å². The molecule has 1 aromatic carbocycles. The van der Waals surface area contributed by atoms with Crippen LogP contribution in [0.25, 0.3) is 11.3 Å². The van der Waals surface area contributed by atoms with Crippen molar-refractivity contribution in [3.63, 3.8) is 0 Å². The second-order valence-corrected chi connectivity index (χ2v) is 5.39. The van der Waals surface area contributed by atoms with Gasteiger partial charge in [-0.15, -0.1) is 0 Å². The summed E-state index contributed by atoms with van der Waals surface area (Å²) in [6.07, 6.45) is 4.78. The molecule has 2 N–H and O–H groups in total. The number of aromatic nitrogens is 2. The minimum Gasteiger partial charge on any atom is -0.384 e. The Bertz CT molecular complexity index is 621. The number of anilines is 2. The van der Waals surface area contributed by atoms with Gasteiger partial charge in [0.15, 0.2) is 0 Å². The molecule has 2 heterocycles. The zero-order valence-corrected chi connectivity index (χ0v) is 11.9. The monoisotopic (exact) mass is 286 g/mol. The maximum absolute atomic E-state index is 13.4. The van der Waals surface area contributed by atoms with Crippen molar-refractivity contribution in [2.24, 2.45) is 0 Å². The average Bonchev–Trinajstić information content (AvgIpc) is 2.76. The highest BCUT2D eigenvalue weighted by molar-refractivity contribution is 5.63. The molecule has 3 rings (SSSR count). The molecule has 1 saturated heterocycles. The van der Waals surface area contributed by atoms with Gasteiger partial charge in [0.1, 0.15) is 11.6 Å². The summed E-state index contributed by atoms with van der Waals surface area (Å²) in [5, 5.41) is 0. The van der Waals surface area contributed by atoms with E-state index in [9.17, 15) is 4.39 Å². The molecular weight excluding hydrogens is 267 g/mol. The molecule has 0 atom stereocenters. The van der Waals surface area contributed by atoms with Gasteiger partial charge in [-0.2, -0.15) is 4.98 Å². The van der Waals surface area contributed by atoms with E-state index in [-0.39, 0.29) is 5.82 Å². The van der Waals surface area contributed by atoms with Gasteiger partial charge in [-0.05, 0) is 25.0 Å². The number of rotatable bonds is 2. The van der Waals surface area contributed by atoms with Crippen LogP contribution in [0.5, 0.6) is 0 Å². The quantitative estimate of drug-likeness (QED) is 0.920. The van der Waals surface area contributed by atoms with Gasteiger partial charge in [0.2, 0.25) is 5.95 Å². The molecule has 1 aromatic heterocycles. The Balaban J connectivity index is 1.95. The summed E-state index contributed by atoms with van der Waals surface area (Å²) >= 11 is 0. The van der Waals surface area contributed by atoms with Crippen LogP contribution in [0.3, 0.4) is 0 Å². The van der Waals surface area contributed by atoms with Gasteiger partial charge in [0, 0.05) is 24.7 Å². The molecular formula is C16H19FN4. The van der Waals surface area contributed by atoms with Gasteiger partial charge in [-0.3, -0.25) is 0 Å². The summed E-state index contributed by atoms with van der Waals surface area (Å²) in [5.41, 5.74) is 7.30. The molecule has 0 spiro atoms. The van der Waals surface area contributed by atoms with Crippen LogP contribution in [0, 0.1) is 5.82 Å². The predicted molar refractivity (Wildman–Crippen MR) is 82.5 cm³/mol. The summed E-state index contributed by atoms with van der Waals surface area (Å²) in [6, 6.07) is 8.08. The minimum absolute atomic E-state index is 0.277. The van der Waals surface area contributed by atoms with E-state index in [0.717, 1.165) is 31.5 Å². The third-order valence-corrected chi connectivity index (χ3v) is 3.74. The summed E-state index contributed by atoms with van der Waals surface area (Å²) < 4.78 is 13.4. The Labute approximate surface area is 123 Å². The van der Waals surface area contributed by atoms with Crippen molar-refractivity contribution < 1.29 is 4.39 Å². The Kier molecular flexibility index (Phi) is 3.99. The normalized spacial score (nSPS) is 15.8. The fraction of sp³-hybridized carbons (Fsp3) is 0.375. The summed E-state index contributed by atoms with van der Waals surface area (Å²) in [5.74, 6) is 0.792. The minimum atomic E-state index is -0.277. The van der Waals surface area contributed by atoms with Crippen LogP contribution >= 0.6 is 0 Å². The lowest BCUT2D eigenvalue weighted by Crippen LogP contribution is -2.26. The van der Waals surface area contributed by atoms with E-state index in [2.05, 4.69) is 14.9 Å². The zero-order valence-electron chi connectivity index (χ0n) is 11.9. The van der Waals surface area contributed by atoms with Crippen LogP contribution in [-0.4, -0.2) is 23.1 Å². The van der Waals surface area contributed by atoms with Gasteiger partial charge in [-0.1, -0.05) is 25.0 Å². The van der Waals surface area contributed by atoms with Crippen LogP contribution in [0.15, 0.2) is 30.3 Å². The van der Waals surface area contributed by atoms with E-state index >= 15 is 0 Å². The third kappa shape index (κ3) is 3.29. The number of nitrogens with zero attached hydrogens (tertiary/aromatic N) is 3. The summed E-state index contributed by atoms with van der Waals surface area (Å²) in [6.45, 7) is 1.90. The van der Waals surface area contributed by atoms with Crippen LogP contribution < -0.4 is 10.6 Å². The van der Waals surface area contributed by atoms with Gasteiger partial charge in [-0.25, -0.2) is 9.37 Å². The van der Waals surface area contributed by atoms with E-state index < -0.39 is 0 Å². The van der Waals surface area contributed by atoms with Crippen LogP contribution in [0.4, 0.5) is 16.2 Å². The van der Waals surface area contributed by atoms with Gasteiger partial charge < -0.3 is 10.6 Å². The molecule has 0 saturated carbocycles. The molecule has 21 heavy (non-hydrogen) atoms. The molecule has 1 aliphatic rings. The highest BCUT2D eigenvalue weighted by atomic mass is 19.1. The Morgan fingerprint density at radius 1 is 1.00 bits per heavy atom. The maximum atomic E-state index is 13.4. The second kappa shape index (κ2) is 6.08. The van der Waals surface area contributed by atoms with E-state index in [4.69, 9.17) is 5.73 Å². The first kappa shape index (κ1) is 13.8. The number of benzene rings is 1. The number of halogens is 1. The standard InChI is InChI=1S/C16H19FN4/c17-13-7-5-6-12(10-13)14-11-15(18)20-16(19-14)21-8-3-1-2-4-9-21/h5-7,10-11H,1-4,8-9H2,(H2,18,19,20). The van der Waals surface area contributed by atoms with Crippen molar-refractivity contribution in [2.45, 2.75) is 25.7 Å². The number of hydrogen-bond donors (Lipinski definition) is 1. The second-order valence-electron chi connectivity index (χ2n) is 5.39.